The van der Waals surface area contributed by atoms with E-state index in [4.69, 9.17) is 28.4 Å². The minimum atomic E-state index is -1.78. The van der Waals surface area contributed by atoms with E-state index in [9.17, 15) is 45.3 Å². The van der Waals surface area contributed by atoms with E-state index < -0.39 is 99.3 Å². The van der Waals surface area contributed by atoms with Crippen LogP contribution in [-0.4, -0.2) is 142 Å². The summed E-state index contributed by atoms with van der Waals surface area (Å²) in [6.45, 7) is 2.49. The molecule has 0 saturated carbocycles. The molecule has 0 aromatic heterocycles. The quantitative estimate of drug-likeness (QED) is 0.0140. The molecule has 386 valence electrons. The molecule has 0 radical (unpaired) electrons. The highest BCUT2D eigenvalue weighted by atomic mass is 16.7. The number of rotatable bonds is 40. The van der Waals surface area contributed by atoms with Gasteiger partial charge in [-0.15, -0.1) is 0 Å². The van der Waals surface area contributed by atoms with Crippen molar-refractivity contribution >= 4 is 11.9 Å². The van der Waals surface area contributed by atoms with Gasteiger partial charge in [-0.2, -0.15) is 0 Å². The van der Waals surface area contributed by atoms with Gasteiger partial charge in [0.2, 0.25) is 0 Å². The van der Waals surface area contributed by atoms with Crippen LogP contribution in [0.4, 0.5) is 0 Å². The molecule has 66 heavy (non-hydrogen) atoms. The van der Waals surface area contributed by atoms with E-state index in [0.717, 1.165) is 38.5 Å². The highest BCUT2D eigenvalue weighted by Crippen LogP contribution is 2.26. The smallest absolute Gasteiger partial charge is 0.331 e. The number of aliphatic hydroxyl groups excluding tert-OH is 7. The lowest BCUT2D eigenvalue weighted by Crippen LogP contribution is -2.61. The number of carbonyl (C=O) groups excluding carboxylic acids is 2. The second-order valence-corrected chi connectivity index (χ2v) is 18.4. The van der Waals surface area contributed by atoms with Crippen LogP contribution in [0.2, 0.25) is 0 Å². The molecule has 4 unspecified atom stereocenters. The van der Waals surface area contributed by atoms with E-state index in [2.05, 4.69) is 13.8 Å². The Morgan fingerprint density at radius 3 is 1.45 bits per heavy atom. The predicted octanol–water partition coefficient (Wildman–Crippen LogP) is 7.16. The number of hydrogen-bond donors (Lipinski definition) is 7. The zero-order chi connectivity index (χ0) is 48.2. The van der Waals surface area contributed by atoms with E-state index in [0.29, 0.717) is 6.42 Å². The average Bonchev–Trinajstić information content (AvgIpc) is 3.31. The SMILES string of the molecule is CCCCCCCCCCCCC/C=C/C=C/C(=O)O[C@H](COC(=O)CCCCCCCCCCCCCCCCC)CO[C@@H]1O[C@H](CO[C@@H]2O[C@H](CO)[C@H](O)C(O)C2O)[C@H](O)C(O)C1O. The maximum Gasteiger partial charge on any atom is 0.331 e. The van der Waals surface area contributed by atoms with Gasteiger partial charge in [0, 0.05) is 12.5 Å². The lowest BCUT2D eigenvalue weighted by atomic mass is 9.98. The third-order valence-corrected chi connectivity index (χ3v) is 12.5. The monoisotopic (exact) mass is 945 g/mol. The molecular formula is C51H92O15. The Bertz CT molecular complexity index is 1250. The van der Waals surface area contributed by atoms with Crippen molar-refractivity contribution in [2.75, 3.05) is 26.4 Å². The summed E-state index contributed by atoms with van der Waals surface area (Å²) in [6, 6.07) is 0. The van der Waals surface area contributed by atoms with E-state index in [1.165, 1.54) is 134 Å². The van der Waals surface area contributed by atoms with Crippen molar-refractivity contribution in [1.82, 2.24) is 0 Å². The van der Waals surface area contributed by atoms with Crippen LogP contribution in [0, 0.1) is 0 Å². The van der Waals surface area contributed by atoms with Crippen molar-refractivity contribution in [3.8, 4) is 0 Å². The molecule has 0 bridgehead atoms. The topological polar surface area (TPSA) is 231 Å². The Labute approximate surface area is 396 Å². The van der Waals surface area contributed by atoms with Gasteiger partial charge < -0.3 is 64.2 Å². The molecule has 2 fully saturated rings. The standard InChI is InChI=1S/C51H92O15/c1-3-5-7-9-11-13-15-17-19-21-23-25-27-29-31-33-42(53)61-36-39(64-43(54)34-32-30-28-26-24-22-20-18-16-14-12-10-8-6-4-2)37-62-50-49(60)47(58)45(56)41(66-50)38-63-51-48(59)46(57)44(55)40(35-52)65-51/h28,30,32,34,39-41,44-52,55-60H,3-27,29,31,33,35-38H2,1-2H3/b30-28+,34-32+/t39-,40-,41-,44+,45+,46?,47?,48?,49?,50-,51-/m1/s1. The van der Waals surface area contributed by atoms with Crippen LogP contribution >= 0.6 is 0 Å². The Morgan fingerprint density at radius 1 is 0.515 bits per heavy atom. The molecular weight excluding hydrogens is 853 g/mol. The first kappa shape index (κ1) is 60.1. The zero-order valence-electron chi connectivity index (χ0n) is 40.7. The molecule has 0 aliphatic carbocycles. The zero-order valence-corrected chi connectivity index (χ0v) is 40.7. The maximum absolute atomic E-state index is 12.9. The van der Waals surface area contributed by atoms with Crippen molar-refractivity contribution in [3.05, 3.63) is 24.3 Å². The van der Waals surface area contributed by atoms with Crippen molar-refractivity contribution < 1.29 is 73.8 Å². The highest BCUT2D eigenvalue weighted by Gasteiger charge is 2.47. The van der Waals surface area contributed by atoms with Gasteiger partial charge in [-0.25, -0.2) is 4.79 Å². The Balaban J connectivity index is 1.84. The average molecular weight is 945 g/mol. The third kappa shape index (κ3) is 26.7. The van der Waals surface area contributed by atoms with Crippen LogP contribution in [0.3, 0.4) is 0 Å². The molecule has 2 aliphatic rings. The molecule has 2 saturated heterocycles. The van der Waals surface area contributed by atoms with Crippen molar-refractivity contribution in [1.29, 1.82) is 0 Å². The Morgan fingerprint density at radius 2 is 0.955 bits per heavy atom. The minimum Gasteiger partial charge on any atom is -0.462 e. The first-order valence-electron chi connectivity index (χ1n) is 26.0. The summed E-state index contributed by atoms with van der Waals surface area (Å²) in [5, 5.41) is 72.0. The van der Waals surface area contributed by atoms with Gasteiger partial charge in [-0.1, -0.05) is 186 Å². The summed E-state index contributed by atoms with van der Waals surface area (Å²) >= 11 is 0. The maximum atomic E-state index is 12.9. The number of carbonyl (C=O) groups is 2. The molecule has 2 aliphatic heterocycles. The molecule has 2 rings (SSSR count). The molecule has 0 amide bonds. The van der Waals surface area contributed by atoms with Crippen molar-refractivity contribution in [2.24, 2.45) is 0 Å². The summed E-state index contributed by atoms with van der Waals surface area (Å²) in [5.41, 5.74) is 0. The largest absolute Gasteiger partial charge is 0.462 e. The normalized spacial score (nSPS) is 26.3. The summed E-state index contributed by atoms with van der Waals surface area (Å²) in [6.07, 6.45) is 22.7. The van der Waals surface area contributed by atoms with E-state index in [1.807, 2.05) is 6.08 Å². The van der Waals surface area contributed by atoms with Crippen LogP contribution in [0.5, 0.6) is 0 Å². The fourth-order valence-electron chi connectivity index (χ4n) is 8.24. The molecule has 0 aromatic rings. The van der Waals surface area contributed by atoms with Gasteiger partial charge in [0.05, 0.1) is 19.8 Å². The number of allylic oxidation sites excluding steroid dienone is 3. The molecule has 0 spiro atoms. The van der Waals surface area contributed by atoms with Gasteiger partial charge in [0.25, 0.3) is 0 Å². The van der Waals surface area contributed by atoms with Crippen molar-refractivity contribution in [2.45, 2.75) is 261 Å². The fraction of sp³-hybridized carbons (Fsp3) is 0.882. The molecule has 15 heteroatoms. The third-order valence-electron chi connectivity index (χ3n) is 12.5. The van der Waals surface area contributed by atoms with E-state index in [1.54, 1.807) is 12.2 Å². The van der Waals surface area contributed by atoms with Gasteiger partial charge in [-0.3, -0.25) is 4.79 Å². The lowest BCUT2D eigenvalue weighted by molar-refractivity contribution is -0.332. The summed E-state index contributed by atoms with van der Waals surface area (Å²) < 4.78 is 33.4. The summed E-state index contributed by atoms with van der Waals surface area (Å²) in [5.74, 6) is -1.17. The molecule has 11 atom stereocenters. The number of esters is 2. The summed E-state index contributed by atoms with van der Waals surface area (Å²) in [7, 11) is 0. The van der Waals surface area contributed by atoms with E-state index in [-0.39, 0.29) is 13.0 Å². The minimum absolute atomic E-state index is 0.203. The number of hydrogen-bond acceptors (Lipinski definition) is 15. The number of unbranched alkanes of at least 4 members (excludes halogenated alkanes) is 25. The van der Waals surface area contributed by atoms with Crippen LogP contribution in [0.1, 0.15) is 194 Å². The number of ether oxygens (including phenoxy) is 6. The van der Waals surface area contributed by atoms with Crippen molar-refractivity contribution in [3.63, 3.8) is 0 Å². The van der Waals surface area contributed by atoms with Crippen LogP contribution < -0.4 is 0 Å². The Kier molecular flexibility index (Phi) is 35.3. The predicted molar refractivity (Wildman–Crippen MR) is 252 cm³/mol. The van der Waals surface area contributed by atoms with Gasteiger partial charge in [0.1, 0.15) is 55.4 Å². The lowest BCUT2D eigenvalue weighted by Gasteiger charge is -2.42. The van der Waals surface area contributed by atoms with E-state index >= 15 is 0 Å². The van der Waals surface area contributed by atoms with Gasteiger partial charge in [0.15, 0.2) is 18.7 Å². The van der Waals surface area contributed by atoms with Crippen LogP contribution in [-0.2, 0) is 38.0 Å². The molecule has 7 N–H and O–H groups in total. The first-order valence-corrected chi connectivity index (χ1v) is 26.0. The fourth-order valence-corrected chi connectivity index (χ4v) is 8.24. The summed E-state index contributed by atoms with van der Waals surface area (Å²) in [4.78, 5) is 25.6. The van der Waals surface area contributed by atoms with Crippen LogP contribution in [0.15, 0.2) is 24.3 Å². The first-order chi connectivity index (χ1) is 32.0. The van der Waals surface area contributed by atoms with Gasteiger partial charge in [-0.05, 0) is 19.3 Å². The molecule has 2 heterocycles. The second kappa shape index (κ2) is 38.8. The van der Waals surface area contributed by atoms with Crippen LogP contribution in [0.25, 0.3) is 0 Å². The highest BCUT2D eigenvalue weighted by molar-refractivity contribution is 5.82. The van der Waals surface area contributed by atoms with Gasteiger partial charge >= 0.3 is 11.9 Å². The number of aliphatic hydroxyl groups is 7. The molecule has 0 aromatic carbocycles. The Hall–Kier alpha value is -2.02. The molecule has 15 nitrogen and oxygen atoms in total. The second-order valence-electron chi connectivity index (χ2n) is 18.4.